The van der Waals surface area contributed by atoms with Crippen molar-refractivity contribution in [2.45, 2.75) is 62.3 Å². The van der Waals surface area contributed by atoms with Crippen LogP contribution in [0, 0.1) is 5.92 Å². The molecule has 6 nitrogen and oxygen atoms in total. The summed E-state index contributed by atoms with van der Waals surface area (Å²) in [4.78, 5) is 17.9. The normalized spacial score (nSPS) is 38.1. The lowest BCUT2D eigenvalue weighted by molar-refractivity contribution is -0.128. The Kier molecular flexibility index (Phi) is 4.87. The lowest BCUT2D eigenvalue weighted by atomic mass is 9.67. The number of carbonyl (C=O) groups excluding carboxylic acids is 1. The molecular weight excluding hydrogens is 452 g/mol. The Morgan fingerprint density at radius 2 is 2.31 bits per heavy atom. The summed E-state index contributed by atoms with van der Waals surface area (Å²) in [5.41, 5.74) is 6.44. The number of rotatable bonds is 2. The number of thioether (sulfide) groups is 1. The average Bonchev–Trinajstić information content (AvgIpc) is 3.31. The van der Waals surface area contributed by atoms with Gasteiger partial charge in [-0.2, -0.15) is 0 Å². The molecular formula is C21H27BrN4O2S. The summed E-state index contributed by atoms with van der Waals surface area (Å²) in [6, 6.07) is 6.31. The lowest BCUT2D eigenvalue weighted by Crippen LogP contribution is -2.58. The van der Waals surface area contributed by atoms with Crippen molar-refractivity contribution in [3.63, 3.8) is 0 Å². The molecule has 3 heterocycles. The van der Waals surface area contributed by atoms with Crippen LogP contribution in [0.15, 0.2) is 27.7 Å². The van der Waals surface area contributed by atoms with Crippen LogP contribution in [0.5, 0.6) is 5.75 Å². The van der Waals surface area contributed by atoms with Gasteiger partial charge in [-0.05, 0) is 63.8 Å². The van der Waals surface area contributed by atoms with Crippen molar-refractivity contribution in [1.82, 2.24) is 10.6 Å². The van der Waals surface area contributed by atoms with E-state index in [0.717, 1.165) is 60.2 Å². The van der Waals surface area contributed by atoms with Gasteiger partial charge in [-0.1, -0.05) is 27.7 Å². The van der Waals surface area contributed by atoms with E-state index in [2.05, 4.69) is 32.6 Å². The van der Waals surface area contributed by atoms with E-state index in [9.17, 15) is 4.79 Å². The van der Waals surface area contributed by atoms with E-state index in [0.29, 0.717) is 5.17 Å². The maximum absolute atomic E-state index is 12.9. The molecule has 1 amide bonds. The number of aliphatic imine (C=N–C) groups is 1. The predicted molar refractivity (Wildman–Crippen MR) is 119 cm³/mol. The smallest absolute Gasteiger partial charge is 0.240 e. The van der Waals surface area contributed by atoms with Crippen LogP contribution in [0.1, 0.15) is 44.6 Å². The second-order valence-electron chi connectivity index (χ2n) is 8.91. The first-order valence-corrected chi connectivity index (χ1v) is 12.2. The first-order chi connectivity index (χ1) is 13.9. The van der Waals surface area contributed by atoms with Gasteiger partial charge >= 0.3 is 0 Å². The Balaban J connectivity index is 1.43. The van der Waals surface area contributed by atoms with Gasteiger partial charge in [0.25, 0.3) is 0 Å². The van der Waals surface area contributed by atoms with E-state index in [-0.39, 0.29) is 29.5 Å². The van der Waals surface area contributed by atoms with Crippen LogP contribution in [0.4, 0.5) is 0 Å². The Bertz CT molecular complexity index is 872. The second kappa shape index (κ2) is 7.17. The molecule has 1 aromatic carbocycles. The number of fused-ring (bicyclic) bond motifs is 4. The molecule has 4 N–H and O–H groups in total. The highest BCUT2D eigenvalue weighted by Crippen LogP contribution is 2.54. The number of nitrogens with one attached hydrogen (secondary N) is 2. The standard InChI is InChI=1S/C21H27BrN4O2S/c1-20(7-2-8-24-20)18(27)25-13-4-6-17-15(10-13)21(11-29-19(23)26-21)14-9-12(22)3-5-16(14)28-17/h3,5,9,13,15,17,24H,2,4,6-8,10-11H2,1H3,(H2,23,26)(H,25,27)/t13?,15-,17-,20+,21?/m0/s1. The third-order valence-electron chi connectivity index (χ3n) is 7.04. The van der Waals surface area contributed by atoms with Crippen molar-refractivity contribution in [3.8, 4) is 5.75 Å². The summed E-state index contributed by atoms with van der Waals surface area (Å²) in [6.07, 6.45) is 4.74. The SMILES string of the molecule is C[C@]1(C(=O)NC2CC[C@@H]3Oc4ccc(Br)cc4C4(CSC(N)=N4)[C@H]3C2)CCCN1. The maximum atomic E-state index is 12.9. The van der Waals surface area contributed by atoms with Gasteiger partial charge in [0.15, 0.2) is 5.17 Å². The van der Waals surface area contributed by atoms with Gasteiger partial charge in [0.05, 0.1) is 5.54 Å². The van der Waals surface area contributed by atoms with E-state index in [1.807, 2.05) is 19.1 Å². The molecule has 5 atom stereocenters. The van der Waals surface area contributed by atoms with Crippen LogP contribution < -0.4 is 21.1 Å². The number of hydrogen-bond acceptors (Lipinski definition) is 6. The molecule has 2 fully saturated rings. The fourth-order valence-corrected chi connectivity index (χ4v) is 6.82. The second-order valence-corrected chi connectivity index (χ2v) is 10.8. The molecule has 29 heavy (non-hydrogen) atoms. The predicted octanol–water partition coefficient (Wildman–Crippen LogP) is 2.89. The van der Waals surface area contributed by atoms with E-state index in [1.165, 1.54) is 0 Å². The van der Waals surface area contributed by atoms with Gasteiger partial charge in [-0.15, -0.1) is 0 Å². The fourth-order valence-electron chi connectivity index (χ4n) is 5.43. The highest BCUT2D eigenvalue weighted by Gasteiger charge is 2.55. The van der Waals surface area contributed by atoms with E-state index in [4.69, 9.17) is 15.5 Å². The molecule has 8 heteroatoms. The molecule has 5 rings (SSSR count). The summed E-state index contributed by atoms with van der Waals surface area (Å²) in [7, 11) is 0. The minimum atomic E-state index is -0.444. The quantitative estimate of drug-likeness (QED) is 0.607. The number of benzene rings is 1. The van der Waals surface area contributed by atoms with Crippen LogP contribution >= 0.6 is 27.7 Å². The van der Waals surface area contributed by atoms with Crippen molar-refractivity contribution < 1.29 is 9.53 Å². The molecule has 2 unspecified atom stereocenters. The molecule has 4 aliphatic rings. The number of amidine groups is 1. The molecule has 1 saturated carbocycles. The van der Waals surface area contributed by atoms with Gasteiger partial charge in [-0.3, -0.25) is 4.79 Å². The Labute approximate surface area is 183 Å². The molecule has 1 aliphatic carbocycles. The zero-order valence-electron chi connectivity index (χ0n) is 16.5. The van der Waals surface area contributed by atoms with Gasteiger partial charge in [0, 0.05) is 27.7 Å². The van der Waals surface area contributed by atoms with Crippen molar-refractivity contribution in [1.29, 1.82) is 0 Å². The molecule has 1 spiro atoms. The third-order valence-corrected chi connectivity index (χ3v) is 8.51. The number of amides is 1. The summed E-state index contributed by atoms with van der Waals surface area (Å²) >= 11 is 5.23. The molecule has 1 aromatic rings. The van der Waals surface area contributed by atoms with E-state index >= 15 is 0 Å². The van der Waals surface area contributed by atoms with Crippen LogP contribution in [0.25, 0.3) is 0 Å². The molecule has 0 radical (unpaired) electrons. The van der Waals surface area contributed by atoms with Crippen molar-refractivity contribution in [2.24, 2.45) is 16.6 Å². The minimum absolute atomic E-state index is 0.104. The summed E-state index contributed by atoms with van der Waals surface area (Å²) in [6.45, 7) is 2.92. The number of halogens is 1. The summed E-state index contributed by atoms with van der Waals surface area (Å²) in [5.74, 6) is 2.06. The van der Waals surface area contributed by atoms with Crippen LogP contribution in [-0.2, 0) is 10.3 Å². The molecule has 156 valence electrons. The largest absolute Gasteiger partial charge is 0.490 e. The maximum Gasteiger partial charge on any atom is 0.240 e. The fraction of sp³-hybridized carbons (Fsp3) is 0.619. The molecule has 0 aromatic heterocycles. The van der Waals surface area contributed by atoms with Gasteiger partial charge < -0.3 is 21.1 Å². The molecule has 1 saturated heterocycles. The van der Waals surface area contributed by atoms with Crippen molar-refractivity contribution >= 4 is 38.8 Å². The molecule has 0 bridgehead atoms. The first-order valence-electron chi connectivity index (χ1n) is 10.4. The third kappa shape index (κ3) is 3.27. The zero-order valence-corrected chi connectivity index (χ0v) is 18.9. The zero-order chi connectivity index (χ0) is 20.2. The van der Waals surface area contributed by atoms with E-state index in [1.54, 1.807) is 11.8 Å². The van der Waals surface area contributed by atoms with Gasteiger partial charge in [-0.25, -0.2) is 4.99 Å². The van der Waals surface area contributed by atoms with Gasteiger partial charge in [0.2, 0.25) is 5.91 Å². The average molecular weight is 479 g/mol. The highest BCUT2D eigenvalue weighted by atomic mass is 79.9. The number of ether oxygens (including phenoxy) is 1. The minimum Gasteiger partial charge on any atom is -0.490 e. The van der Waals surface area contributed by atoms with Crippen molar-refractivity contribution in [3.05, 3.63) is 28.2 Å². The first kappa shape index (κ1) is 19.7. The lowest BCUT2D eigenvalue weighted by Gasteiger charge is -2.49. The Morgan fingerprint density at radius 3 is 3.03 bits per heavy atom. The summed E-state index contributed by atoms with van der Waals surface area (Å²) < 4.78 is 7.44. The topological polar surface area (TPSA) is 88.7 Å². The van der Waals surface area contributed by atoms with Crippen molar-refractivity contribution in [2.75, 3.05) is 12.3 Å². The number of hydrogen-bond donors (Lipinski definition) is 3. The van der Waals surface area contributed by atoms with Crippen LogP contribution in [0.3, 0.4) is 0 Å². The Morgan fingerprint density at radius 1 is 1.45 bits per heavy atom. The number of nitrogens with zero attached hydrogens (tertiary/aromatic N) is 1. The molecule has 3 aliphatic heterocycles. The van der Waals surface area contributed by atoms with E-state index < -0.39 is 5.54 Å². The van der Waals surface area contributed by atoms with Gasteiger partial charge in [0.1, 0.15) is 17.4 Å². The Hall–Kier alpha value is -1.25. The number of nitrogens with two attached hydrogens (primary N) is 1. The highest BCUT2D eigenvalue weighted by molar-refractivity contribution is 9.10. The summed E-state index contributed by atoms with van der Waals surface area (Å²) in [5, 5.41) is 7.35. The number of carbonyl (C=O) groups is 1. The van der Waals surface area contributed by atoms with Crippen LogP contribution in [0.2, 0.25) is 0 Å². The van der Waals surface area contributed by atoms with Crippen LogP contribution in [-0.4, -0.2) is 41.1 Å². The monoisotopic (exact) mass is 478 g/mol.